The Labute approximate surface area is 222 Å². The fourth-order valence-corrected chi connectivity index (χ4v) is 6.15. The summed E-state index contributed by atoms with van der Waals surface area (Å²) in [6, 6.07) is 0.745. The summed E-state index contributed by atoms with van der Waals surface area (Å²) in [6.07, 6.45) is 0.971. The molecule has 0 bridgehead atoms. The number of aliphatic hydroxyl groups excluding tert-OH is 2. The lowest BCUT2D eigenvalue weighted by Gasteiger charge is -2.50. The van der Waals surface area contributed by atoms with Crippen LogP contribution in [0.2, 0.25) is 0 Å². The number of carbonyl (C=O) groups is 3. The maximum atomic E-state index is 13.9. The molecule has 1 fully saturated rings. The van der Waals surface area contributed by atoms with Gasteiger partial charge < -0.3 is 31.5 Å². The van der Waals surface area contributed by atoms with Crippen molar-refractivity contribution < 1.29 is 34.8 Å². The second-order valence-corrected chi connectivity index (χ2v) is 10.9. The highest BCUT2D eigenvalue weighted by Crippen LogP contribution is 2.53. The second kappa shape index (κ2) is 10.1. The summed E-state index contributed by atoms with van der Waals surface area (Å²) in [4.78, 5) is 40.6. The van der Waals surface area contributed by atoms with E-state index in [2.05, 4.69) is 5.32 Å². The molecule has 208 valence electrons. The number of carbonyl (C=O) groups excluding carboxylic acids is 3. The van der Waals surface area contributed by atoms with Crippen LogP contribution in [0.3, 0.4) is 0 Å². The smallest absolute Gasteiger partial charge is 0.255 e. The zero-order valence-corrected chi connectivity index (χ0v) is 21.8. The number of benzene rings is 1. The fraction of sp³-hybridized carbons (Fsp3) is 0.536. The molecule has 0 aliphatic heterocycles. The molecule has 0 unspecified atom stereocenters. The molecule has 3 aliphatic rings. The number of phenols is 1. The third-order valence-corrected chi connectivity index (χ3v) is 7.89. The van der Waals surface area contributed by atoms with E-state index in [1.54, 1.807) is 14.1 Å². The topological polar surface area (TPSA) is 173 Å². The van der Waals surface area contributed by atoms with E-state index in [0.29, 0.717) is 24.2 Å². The van der Waals surface area contributed by atoms with Crippen LogP contribution in [0, 0.1) is 17.8 Å². The van der Waals surface area contributed by atoms with Crippen molar-refractivity contribution in [3.8, 4) is 5.75 Å². The van der Waals surface area contributed by atoms with Gasteiger partial charge in [-0.1, -0.05) is 28.2 Å². The SMILES string of the molecule is C.CCc1cc(NCC(C)C)c(O)c2c1C[C@H]1C[C@H]3[C@H](N(C)C)C(=O)C(C(N)=O)=C(O)[C@@]3(O)C(=O)C1=C2O. The van der Waals surface area contributed by atoms with Gasteiger partial charge in [-0.05, 0) is 62.4 Å². The first kappa shape index (κ1) is 29.2. The molecule has 1 aromatic carbocycles. The predicted molar refractivity (Wildman–Crippen MR) is 144 cm³/mol. The van der Waals surface area contributed by atoms with Crippen LogP contribution in [0.4, 0.5) is 5.69 Å². The molecule has 1 amide bonds. The summed E-state index contributed by atoms with van der Waals surface area (Å²) in [5.41, 5.74) is 3.87. The molecule has 1 saturated carbocycles. The number of hydrogen-bond acceptors (Lipinski definition) is 9. The van der Waals surface area contributed by atoms with Crippen LogP contribution >= 0.6 is 0 Å². The van der Waals surface area contributed by atoms with E-state index in [-0.39, 0.29) is 43.1 Å². The van der Waals surface area contributed by atoms with Gasteiger partial charge in [-0.3, -0.25) is 19.3 Å². The zero-order chi connectivity index (χ0) is 27.6. The van der Waals surface area contributed by atoms with Crippen LogP contribution in [0.5, 0.6) is 5.75 Å². The molecule has 10 heteroatoms. The predicted octanol–water partition coefficient (Wildman–Crippen LogP) is 2.23. The van der Waals surface area contributed by atoms with Gasteiger partial charge in [0.2, 0.25) is 5.78 Å². The lowest BCUT2D eigenvalue weighted by atomic mass is 9.57. The van der Waals surface area contributed by atoms with Gasteiger partial charge in [0.1, 0.15) is 22.8 Å². The van der Waals surface area contributed by atoms with E-state index < -0.39 is 58.0 Å². The van der Waals surface area contributed by atoms with Crippen molar-refractivity contribution in [2.75, 3.05) is 26.0 Å². The number of nitrogens with two attached hydrogens (primary N) is 1. The summed E-state index contributed by atoms with van der Waals surface area (Å²) in [7, 11) is 3.15. The first-order valence-electron chi connectivity index (χ1n) is 12.5. The minimum absolute atomic E-state index is 0. The molecule has 0 heterocycles. The Morgan fingerprint density at radius 3 is 2.39 bits per heavy atom. The molecule has 0 spiro atoms. The minimum Gasteiger partial charge on any atom is -0.508 e. The van der Waals surface area contributed by atoms with Gasteiger partial charge >= 0.3 is 0 Å². The summed E-state index contributed by atoms with van der Waals surface area (Å²) >= 11 is 0. The number of aryl methyl sites for hydroxylation is 1. The van der Waals surface area contributed by atoms with Crippen LogP contribution in [0.15, 0.2) is 23.0 Å². The van der Waals surface area contributed by atoms with Crippen molar-refractivity contribution in [2.24, 2.45) is 23.5 Å². The van der Waals surface area contributed by atoms with Crippen molar-refractivity contribution in [3.63, 3.8) is 0 Å². The van der Waals surface area contributed by atoms with Gasteiger partial charge in [0.05, 0.1) is 17.3 Å². The number of Topliss-reactive ketones (excluding diaryl/α,β-unsaturated/α-hetero) is 2. The fourth-order valence-electron chi connectivity index (χ4n) is 6.15. The first-order valence-corrected chi connectivity index (χ1v) is 12.5. The highest BCUT2D eigenvalue weighted by Gasteiger charge is 2.64. The van der Waals surface area contributed by atoms with Crippen LogP contribution < -0.4 is 11.1 Å². The number of nitrogens with one attached hydrogen (secondary N) is 1. The van der Waals surface area contributed by atoms with Gasteiger partial charge in [0, 0.05) is 18.0 Å². The van der Waals surface area contributed by atoms with Gasteiger partial charge in [0.15, 0.2) is 11.4 Å². The molecule has 10 nitrogen and oxygen atoms in total. The van der Waals surface area contributed by atoms with E-state index in [9.17, 15) is 34.8 Å². The Bertz CT molecular complexity index is 1260. The molecule has 0 saturated heterocycles. The van der Waals surface area contributed by atoms with Gasteiger partial charge in [0.25, 0.3) is 5.91 Å². The summed E-state index contributed by atoms with van der Waals surface area (Å²) in [5.74, 6) is -6.18. The molecular weight excluding hydrogens is 490 g/mol. The summed E-state index contributed by atoms with van der Waals surface area (Å²) < 4.78 is 0. The second-order valence-electron chi connectivity index (χ2n) is 10.9. The highest BCUT2D eigenvalue weighted by atomic mass is 16.3. The van der Waals surface area contributed by atoms with Gasteiger partial charge in [-0.15, -0.1) is 0 Å². The maximum Gasteiger partial charge on any atom is 0.255 e. The number of fused-ring (bicyclic) bond motifs is 3. The van der Waals surface area contributed by atoms with Crippen LogP contribution in [-0.2, 0) is 27.2 Å². The number of aromatic hydroxyl groups is 1. The number of anilines is 1. The molecule has 7 N–H and O–H groups in total. The van der Waals surface area contributed by atoms with Crippen molar-refractivity contribution >= 4 is 28.9 Å². The number of likely N-dealkylation sites (N-methyl/N-ethyl adjacent to an activating group) is 1. The van der Waals surface area contributed by atoms with E-state index in [1.807, 2.05) is 26.8 Å². The van der Waals surface area contributed by atoms with E-state index >= 15 is 0 Å². The minimum atomic E-state index is -2.64. The number of amides is 1. The number of primary amides is 1. The number of ketones is 2. The van der Waals surface area contributed by atoms with E-state index in [1.165, 1.54) is 4.90 Å². The Kier molecular flexibility index (Phi) is 7.74. The van der Waals surface area contributed by atoms with Gasteiger partial charge in [-0.2, -0.15) is 0 Å². The lowest BCUT2D eigenvalue weighted by molar-refractivity contribution is -0.153. The third kappa shape index (κ3) is 4.06. The summed E-state index contributed by atoms with van der Waals surface area (Å²) in [5, 5.41) is 48.3. The molecule has 0 radical (unpaired) electrons. The van der Waals surface area contributed by atoms with E-state index in [4.69, 9.17) is 5.73 Å². The largest absolute Gasteiger partial charge is 0.508 e. The van der Waals surface area contributed by atoms with Gasteiger partial charge in [-0.25, -0.2) is 0 Å². The van der Waals surface area contributed by atoms with Crippen LogP contribution in [0.25, 0.3) is 5.76 Å². The molecule has 4 atom stereocenters. The third-order valence-electron chi connectivity index (χ3n) is 7.89. The molecule has 3 aliphatic carbocycles. The van der Waals surface area contributed by atoms with Crippen LogP contribution in [-0.4, -0.2) is 75.1 Å². The molecule has 1 aromatic rings. The zero-order valence-electron chi connectivity index (χ0n) is 21.8. The average Bonchev–Trinajstić information content (AvgIpc) is 2.80. The summed E-state index contributed by atoms with van der Waals surface area (Å²) in [6.45, 7) is 6.56. The maximum absolute atomic E-state index is 13.9. The Balaban J connectivity index is 0.00000400. The quantitative estimate of drug-likeness (QED) is 0.239. The molecule has 0 aromatic heterocycles. The van der Waals surface area contributed by atoms with Crippen molar-refractivity contribution in [1.29, 1.82) is 0 Å². The Hall–Kier alpha value is -3.37. The molecule has 4 rings (SSSR count). The number of nitrogens with zero attached hydrogens (tertiary/aromatic N) is 1. The first-order chi connectivity index (χ1) is 17.3. The van der Waals surface area contributed by atoms with Crippen LogP contribution in [0.1, 0.15) is 51.3 Å². The number of aliphatic hydroxyl groups is 3. The molecule has 38 heavy (non-hydrogen) atoms. The average molecular weight is 530 g/mol. The van der Waals surface area contributed by atoms with E-state index in [0.717, 1.165) is 5.56 Å². The Morgan fingerprint density at radius 1 is 1.24 bits per heavy atom. The van der Waals surface area contributed by atoms with Crippen molar-refractivity contribution in [1.82, 2.24) is 4.90 Å². The standard InChI is InChI=1S/C27H35N3O7.CH4/c1-6-12-9-16(29-10-11(2)3)21(31)18-14(12)7-13-8-15-20(30(4)5)23(33)19(26(28)36)25(35)27(15,37)24(34)17(13)22(18)32;/h9,11,13,15,20,29,31-32,35,37H,6-8,10H2,1-5H3,(H2,28,36);1H4/t13-,15-,20-,27-;/m0./s1. The number of phenolic OH excluding ortho intramolecular Hbond substituents is 1. The Morgan fingerprint density at radius 2 is 1.87 bits per heavy atom. The molecular formula is C28H39N3O7. The normalized spacial score (nSPS) is 26.7. The highest BCUT2D eigenvalue weighted by molar-refractivity contribution is 6.24. The number of hydrogen-bond donors (Lipinski definition) is 6. The number of rotatable bonds is 6. The van der Waals surface area contributed by atoms with Crippen molar-refractivity contribution in [2.45, 2.75) is 59.1 Å². The lowest BCUT2D eigenvalue weighted by Crippen LogP contribution is -2.65. The monoisotopic (exact) mass is 529 g/mol. The van der Waals surface area contributed by atoms with Crippen molar-refractivity contribution in [3.05, 3.63) is 39.7 Å².